The molecule has 15 heavy (non-hydrogen) atoms. The Bertz CT molecular complexity index is 406. The van der Waals surface area contributed by atoms with Crippen LogP contribution in [0.4, 0.5) is 5.69 Å². The van der Waals surface area contributed by atoms with Crippen LogP contribution in [-0.2, 0) is 4.79 Å². The first-order chi connectivity index (χ1) is 7.08. The first-order valence-electron chi connectivity index (χ1n) is 5.01. The third kappa shape index (κ3) is 2.29. The summed E-state index contributed by atoms with van der Waals surface area (Å²) in [5.41, 5.74) is 1.69. The predicted molar refractivity (Wildman–Crippen MR) is 59.9 cm³/mol. The lowest BCUT2D eigenvalue weighted by atomic mass is 10.2. The summed E-state index contributed by atoms with van der Waals surface area (Å²) in [7, 11) is 0. The van der Waals surface area contributed by atoms with Gasteiger partial charge in [0.05, 0.1) is 11.9 Å². The molecule has 1 saturated carbocycles. The van der Waals surface area contributed by atoms with Crippen molar-refractivity contribution in [2.45, 2.75) is 20.3 Å². The van der Waals surface area contributed by atoms with Crippen molar-refractivity contribution in [3.05, 3.63) is 23.0 Å². The van der Waals surface area contributed by atoms with Crippen LogP contribution in [0.5, 0.6) is 0 Å². The van der Waals surface area contributed by atoms with E-state index in [4.69, 9.17) is 11.6 Å². The van der Waals surface area contributed by atoms with Gasteiger partial charge >= 0.3 is 0 Å². The normalized spacial score (nSPS) is 23.7. The molecule has 1 fully saturated rings. The first-order valence-corrected chi connectivity index (χ1v) is 5.38. The molecule has 1 heterocycles. The van der Waals surface area contributed by atoms with Crippen LogP contribution in [0.3, 0.4) is 0 Å². The fourth-order valence-electron chi connectivity index (χ4n) is 1.57. The maximum absolute atomic E-state index is 11.7. The second-order valence-electron chi connectivity index (χ2n) is 4.13. The Hall–Kier alpha value is -1.09. The van der Waals surface area contributed by atoms with Gasteiger partial charge in [0.2, 0.25) is 5.91 Å². The van der Waals surface area contributed by atoms with Crippen molar-refractivity contribution in [3.8, 4) is 0 Å². The van der Waals surface area contributed by atoms with Crippen molar-refractivity contribution in [1.82, 2.24) is 4.98 Å². The number of nitrogens with zero attached hydrogens (tertiary/aromatic N) is 1. The lowest BCUT2D eigenvalue weighted by Gasteiger charge is -2.07. The smallest absolute Gasteiger partial charge is 0.227 e. The van der Waals surface area contributed by atoms with Crippen molar-refractivity contribution < 1.29 is 4.79 Å². The fraction of sp³-hybridized carbons (Fsp3) is 0.455. The molecule has 0 spiro atoms. The minimum Gasteiger partial charge on any atom is -0.324 e. The molecule has 2 rings (SSSR count). The van der Waals surface area contributed by atoms with Gasteiger partial charge in [-0.3, -0.25) is 4.79 Å². The Morgan fingerprint density at radius 2 is 2.33 bits per heavy atom. The molecule has 0 saturated heterocycles. The largest absolute Gasteiger partial charge is 0.324 e. The zero-order valence-corrected chi connectivity index (χ0v) is 9.51. The van der Waals surface area contributed by atoms with Crippen molar-refractivity contribution in [1.29, 1.82) is 0 Å². The quantitative estimate of drug-likeness (QED) is 0.785. The maximum Gasteiger partial charge on any atom is 0.227 e. The number of carbonyl (C=O) groups excluding carboxylic acids is 1. The van der Waals surface area contributed by atoms with Crippen LogP contribution < -0.4 is 5.32 Å². The number of pyridine rings is 1. The molecule has 1 aliphatic rings. The molecule has 1 N–H and O–H groups in total. The van der Waals surface area contributed by atoms with E-state index >= 15 is 0 Å². The third-order valence-corrected chi connectivity index (χ3v) is 2.99. The molecule has 4 heteroatoms. The van der Waals surface area contributed by atoms with Crippen LogP contribution >= 0.6 is 11.6 Å². The average molecular weight is 225 g/mol. The molecule has 1 aromatic heterocycles. The predicted octanol–water partition coefficient (Wildman–Crippen LogP) is 2.64. The topological polar surface area (TPSA) is 42.0 Å². The van der Waals surface area contributed by atoms with Crippen LogP contribution in [0.25, 0.3) is 0 Å². The van der Waals surface area contributed by atoms with E-state index in [0.29, 0.717) is 11.1 Å². The lowest BCUT2D eigenvalue weighted by molar-refractivity contribution is -0.117. The Kier molecular flexibility index (Phi) is 2.65. The number of hydrogen-bond acceptors (Lipinski definition) is 2. The average Bonchev–Trinajstić information content (AvgIpc) is 2.88. The highest BCUT2D eigenvalue weighted by Gasteiger charge is 2.39. The summed E-state index contributed by atoms with van der Waals surface area (Å²) in [4.78, 5) is 15.6. The van der Waals surface area contributed by atoms with Crippen LogP contribution in [-0.4, -0.2) is 10.9 Å². The van der Waals surface area contributed by atoms with Gasteiger partial charge in [-0.2, -0.15) is 0 Å². The lowest BCUT2D eigenvalue weighted by Crippen LogP contribution is -2.15. The Morgan fingerprint density at radius 1 is 1.67 bits per heavy atom. The van der Waals surface area contributed by atoms with Crippen molar-refractivity contribution in [2.75, 3.05) is 5.32 Å². The number of anilines is 1. The summed E-state index contributed by atoms with van der Waals surface area (Å²) in [6.07, 6.45) is 2.59. The number of halogens is 1. The summed E-state index contributed by atoms with van der Waals surface area (Å²) in [5.74, 6) is 0.792. The number of aryl methyl sites for hydroxylation is 1. The summed E-state index contributed by atoms with van der Waals surface area (Å²) in [6, 6.07) is 1.74. The molecular formula is C11H13ClN2O. The molecule has 0 bridgehead atoms. The van der Waals surface area contributed by atoms with E-state index in [1.807, 2.05) is 6.92 Å². The Morgan fingerprint density at radius 3 is 2.87 bits per heavy atom. The first kappa shape index (κ1) is 10.4. The SMILES string of the molecule is Cc1cc(Cl)ncc1NC(=O)C1CC1C. The fourth-order valence-corrected chi connectivity index (χ4v) is 1.78. The number of nitrogens with one attached hydrogen (secondary N) is 1. The molecule has 0 aromatic carbocycles. The molecule has 1 aliphatic carbocycles. The third-order valence-electron chi connectivity index (χ3n) is 2.78. The van der Waals surface area contributed by atoms with Gasteiger partial charge in [0.25, 0.3) is 0 Å². The summed E-state index contributed by atoms with van der Waals surface area (Å²) in [5, 5.41) is 3.32. The Balaban J connectivity index is 2.07. The van der Waals surface area contributed by atoms with Crippen LogP contribution in [0.1, 0.15) is 18.9 Å². The minimum absolute atomic E-state index is 0.0923. The number of carbonyl (C=O) groups is 1. The number of rotatable bonds is 2. The van der Waals surface area contributed by atoms with Gasteiger partial charge in [-0.05, 0) is 30.9 Å². The van der Waals surface area contributed by atoms with Crippen molar-refractivity contribution >= 4 is 23.2 Å². The highest BCUT2D eigenvalue weighted by atomic mass is 35.5. The number of aromatic nitrogens is 1. The van der Waals surface area contributed by atoms with Crippen molar-refractivity contribution in [3.63, 3.8) is 0 Å². The molecule has 2 atom stereocenters. The van der Waals surface area contributed by atoms with E-state index in [9.17, 15) is 4.79 Å². The van der Waals surface area contributed by atoms with Gasteiger partial charge in [-0.1, -0.05) is 18.5 Å². The molecular weight excluding hydrogens is 212 g/mol. The second-order valence-corrected chi connectivity index (χ2v) is 4.52. The maximum atomic E-state index is 11.7. The van der Waals surface area contributed by atoms with Gasteiger partial charge < -0.3 is 5.32 Å². The number of amides is 1. The highest BCUT2D eigenvalue weighted by Crippen LogP contribution is 2.38. The van der Waals surface area contributed by atoms with E-state index in [1.165, 1.54) is 0 Å². The second kappa shape index (κ2) is 3.81. The van der Waals surface area contributed by atoms with Gasteiger partial charge in [0.15, 0.2) is 0 Å². The van der Waals surface area contributed by atoms with Crippen LogP contribution in [0, 0.1) is 18.8 Å². The van der Waals surface area contributed by atoms with E-state index in [1.54, 1.807) is 12.3 Å². The zero-order valence-electron chi connectivity index (χ0n) is 8.75. The molecule has 2 unspecified atom stereocenters. The van der Waals surface area contributed by atoms with Gasteiger partial charge in [0, 0.05) is 5.92 Å². The molecule has 0 aliphatic heterocycles. The number of hydrogen-bond donors (Lipinski definition) is 1. The highest BCUT2D eigenvalue weighted by molar-refractivity contribution is 6.29. The standard InChI is InChI=1S/C11H13ClN2O/c1-6-3-8(6)11(15)14-9-5-13-10(12)4-7(9)2/h4-6,8H,3H2,1-2H3,(H,14,15). The molecule has 1 amide bonds. The molecule has 3 nitrogen and oxygen atoms in total. The van der Waals surface area contributed by atoms with Crippen LogP contribution in [0.15, 0.2) is 12.3 Å². The minimum atomic E-state index is 0.0923. The van der Waals surface area contributed by atoms with Gasteiger partial charge in [-0.15, -0.1) is 0 Å². The summed E-state index contributed by atoms with van der Waals surface area (Å²) in [6.45, 7) is 3.98. The van der Waals surface area contributed by atoms with E-state index < -0.39 is 0 Å². The molecule has 1 aromatic rings. The van der Waals surface area contributed by atoms with Crippen molar-refractivity contribution in [2.24, 2.45) is 11.8 Å². The Labute approximate surface area is 93.8 Å². The van der Waals surface area contributed by atoms with Gasteiger partial charge in [-0.25, -0.2) is 4.98 Å². The molecule has 0 radical (unpaired) electrons. The van der Waals surface area contributed by atoms with E-state index in [2.05, 4.69) is 17.2 Å². The van der Waals surface area contributed by atoms with E-state index in [-0.39, 0.29) is 11.8 Å². The monoisotopic (exact) mass is 224 g/mol. The van der Waals surface area contributed by atoms with Gasteiger partial charge in [0.1, 0.15) is 5.15 Å². The summed E-state index contributed by atoms with van der Waals surface area (Å²) >= 11 is 5.73. The van der Waals surface area contributed by atoms with Crippen LogP contribution in [0.2, 0.25) is 5.15 Å². The molecule has 80 valence electrons. The zero-order chi connectivity index (χ0) is 11.0. The van der Waals surface area contributed by atoms with E-state index in [0.717, 1.165) is 17.7 Å². The summed E-state index contributed by atoms with van der Waals surface area (Å²) < 4.78 is 0.